The van der Waals surface area contributed by atoms with Gasteiger partial charge in [0.25, 0.3) is 0 Å². The molecule has 4 aromatic rings. The molecule has 5 rings (SSSR count). The van der Waals surface area contributed by atoms with E-state index in [1.165, 1.54) is 19.2 Å². The van der Waals surface area contributed by atoms with Gasteiger partial charge in [-0.15, -0.1) is 0 Å². The third-order valence-corrected chi connectivity index (χ3v) is 7.12. The van der Waals surface area contributed by atoms with E-state index in [1.54, 1.807) is 55.6 Å². The molecular weight excluding hydrogens is 620 g/mol. The molecule has 0 spiro atoms. The molecule has 0 radical (unpaired) electrons. The van der Waals surface area contributed by atoms with Gasteiger partial charge in [0.15, 0.2) is 17.9 Å². The Bertz CT molecular complexity index is 2110. The van der Waals surface area contributed by atoms with E-state index in [2.05, 4.69) is 20.1 Å². The highest BCUT2D eigenvalue weighted by Gasteiger charge is 2.23. The van der Waals surface area contributed by atoms with Gasteiger partial charge in [-0.2, -0.15) is 9.61 Å². The molecule has 3 aromatic heterocycles. The number of anilines is 1. The Morgan fingerprint density at radius 2 is 2.00 bits per heavy atom. The van der Waals surface area contributed by atoms with Crippen molar-refractivity contribution in [2.24, 2.45) is 4.99 Å². The van der Waals surface area contributed by atoms with Gasteiger partial charge >= 0.3 is 17.8 Å². The van der Waals surface area contributed by atoms with Crippen LogP contribution in [0.5, 0.6) is 5.88 Å². The SMILES string of the molecule is C[C@H](NC(=O)OC(C)(C)C)C(=O)OCn1c(O)c(/C=c2\cnn3c(=NC4CC4)cc(-c4cccc(NS(C)(=O)=O)c4)nc23)[nH]c1=O. The number of hydrogen-bond acceptors (Lipinski definition) is 11. The molecule has 0 bridgehead atoms. The molecule has 1 amide bonds. The summed E-state index contributed by atoms with van der Waals surface area (Å²) in [7, 11) is -3.50. The van der Waals surface area contributed by atoms with Gasteiger partial charge in [-0.05, 0) is 58.7 Å². The van der Waals surface area contributed by atoms with Crippen molar-refractivity contribution in [3.05, 3.63) is 63.4 Å². The Hall–Kier alpha value is -5.19. The van der Waals surface area contributed by atoms with E-state index < -0.39 is 52.0 Å². The second-order valence-electron chi connectivity index (χ2n) is 11.9. The van der Waals surface area contributed by atoms with Crippen molar-refractivity contribution in [2.45, 2.75) is 65.0 Å². The zero-order valence-electron chi connectivity index (χ0n) is 25.8. The van der Waals surface area contributed by atoms with E-state index in [1.807, 2.05) is 0 Å². The van der Waals surface area contributed by atoms with Crippen molar-refractivity contribution >= 4 is 39.5 Å². The summed E-state index contributed by atoms with van der Waals surface area (Å²) in [6.07, 6.45) is 5.09. The predicted molar refractivity (Wildman–Crippen MR) is 166 cm³/mol. The van der Waals surface area contributed by atoms with Crippen LogP contribution < -0.4 is 26.4 Å². The molecule has 1 aliphatic rings. The molecule has 1 atom stereocenters. The average molecular weight is 655 g/mol. The van der Waals surface area contributed by atoms with Crippen LogP contribution in [0.25, 0.3) is 23.0 Å². The fraction of sp³-hybridized carbons (Fsp3) is 0.379. The molecule has 0 saturated heterocycles. The lowest BCUT2D eigenvalue weighted by molar-refractivity contribution is -0.149. The number of esters is 1. The Morgan fingerprint density at radius 1 is 1.26 bits per heavy atom. The number of aromatic hydroxyl groups is 1. The second kappa shape index (κ2) is 12.3. The number of fused-ring (bicyclic) bond motifs is 1. The first kappa shape index (κ1) is 32.2. The topological polar surface area (TPSA) is 211 Å². The number of amides is 1. The molecule has 244 valence electrons. The lowest BCUT2D eigenvalue weighted by Gasteiger charge is -2.21. The molecule has 0 aliphatic heterocycles. The van der Waals surface area contributed by atoms with Gasteiger partial charge in [0.2, 0.25) is 15.9 Å². The smallest absolute Gasteiger partial charge is 0.408 e. The van der Waals surface area contributed by atoms with Crippen LogP contribution >= 0.6 is 0 Å². The maximum Gasteiger partial charge on any atom is 0.408 e. The van der Waals surface area contributed by atoms with Crippen LogP contribution in [0.2, 0.25) is 0 Å². The van der Waals surface area contributed by atoms with Crippen LogP contribution in [-0.4, -0.2) is 73.7 Å². The second-order valence-corrected chi connectivity index (χ2v) is 13.6. The van der Waals surface area contributed by atoms with Crippen LogP contribution in [0.1, 0.15) is 46.2 Å². The molecule has 3 heterocycles. The van der Waals surface area contributed by atoms with E-state index in [0.717, 1.165) is 23.7 Å². The molecule has 46 heavy (non-hydrogen) atoms. The summed E-state index contributed by atoms with van der Waals surface area (Å²) in [4.78, 5) is 49.1. The fourth-order valence-electron chi connectivity index (χ4n) is 4.30. The first-order valence-corrected chi connectivity index (χ1v) is 16.2. The molecule has 0 unspecified atom stereocenters. The minimum atomic E-state index is -3.50. The highest BCUT2D eigenvalue weighted by Crippen LogP contribution is 2.24. The normalized spacial score (nSPS) is 15.2. The quantitative estimate of drug-likeness (QED) is 0.188. The Labute approximate surface area is 262 Å². The third kappa shape index (κ3) is 7.90. The van der Waals surface area contributed by atoms with Crippen LogP contribution in [0.15, 0.2) is 46.3 Å². The first-order chi connectivity index (χ1) is 21.6. The summed E-state index contributed by atoms with van der Waals surface area (Å²) in [5, 5.41) is 18.0. The number of aromatic nitrogens is 5. The molecule has 1 aromatic carbocycles. The van der Waals surface area contributed by atoms with E-state index in [0.29, 0.717) is 33.3 Å². The van der Waals surface area contributed by atoms with Gasteiger partial charge in [0, 0.05) is 22.5 Å². The number of sulfonamides is 1. The maximum atomic E-state index is 12.7. The summed E-state index contributed by atoms with van der Waals surface area (Å²) in [6.45, 7) is 5.79. The van der Waals surface area contributed by atoms with Gasteiger partial charge in [0.05, 0.1) is 24.2 Å². The van der Waals surface area contributed by atoms with Crippen molar-refractivity contribution in [1.82, 2.24) is 29.5 Å². The molecule has 1 fully saturated rings. The van der Waals surface area contributed by atoms with Crippen LogP contribution in [0.3, 0.4) is 0 Å². The zero-order valence-corrected chi connectivity index (χ0v) is 26.6. The number of carbonyl (C=O) groups is 2. The summed E-state index contributed by atoms with van der Waals surface area (Å²) in [5.74, 6) is -1.37. The van der Waals surface area contributed by atoms with Crippen LogP contribution in [0.4, 0.5) is 10.5 Å². The number of nitrogens with one attached hydrogen (secondary N) is 3. The van der Waals surface area contributed by atoms with Gasteiger partial charge in [-0.3, -0.25) is 9.71 Å². The summed E-state index contributed by atoms with van der Waals surface area (Å²) >= 11 is 0. The van der Waals surface area contributed by atoms with Gasteiger partial charge in [-0.1, -0.05) is 12.1 Å². The van der Waals surface area contributed by atoms with E-state index in [9.17, 15) is 27.9 Å². The number of carbonyl (C=O) groups excluding carboxylic acids is 2. The van der Waals surface area contributed by atoms with Crippen molar-refractivity contribution < 1.29 is 32.6 Å². The van der Waals surface area contributed by atoms with Crippen molar-refractivity contribution in [2.75, 3.05) is 11.0 Å². The van der Waals surface area contributed by atoms with Gasteiger partial charge in [0.1, 0.15) is 17.3 Å². The van der Waals surface area contributed by atoms with E-state index >= 15 is 0 Å². The summed E-state index contributed by atoms with van der Waals surface area (Å²) < 4.78 is 38.6. The zero-order chi connectivity index (χ0) is 33.4. The first-order valence-electron chi connectivity index (χ1n) is 14.3. The van der Waals surface area contributed by atoms with Gasteiger partial charge in [-0.25, -0.2) is 32.4 Å². The molecule has 1 saturated carbocycles. The molecule has 16 nitrogen and oxygen atoms in total. The van der Waals surface area contributed by atoms with Gasteiger partial charge < -0.3 is 24.9 Å². The maximum absolute atomic E-state index is 12.7. The van der Waals surface area contributed by atoms with Crippen LogP contribution in [0, 0.1) is 0 Å². The summed E-state index contributed by atoms with van der Waals surface area (Å²) in [5.41, 5.74) is 0.851. The highest BCUT2D eigenvalue weighted by atomic mass is 32.2. The molecular formula is C29H34N8O8S. The number of nitrogens with zero attached hydrogens (tertiary/aromatic N) is 5. The number of benzene rings is 1. The van der Waals surface area contributed by atoms with Crippen molar-refractivity contribution in [1.29, 1.82) is 0 Å². The largest absolute Gasteiger partial charge is 0.493 e. The number of alkyl carbamates (subject to hydrolysis) is 1. The Morgan fingerprint density at radius 3 is 2.67 bits per heavy atom. The number of hydrogen-bond donors (Lipinski definition) is 4. The molecule has 1 aliphatic carbocycles. The number of aromatic amines is 1. The standard InChI is InChI=1S/C29H34N8O8S/c1-16(31-28(41)45-29(2,3)4)26(39)44-15-36-25(38)22(34-27(36)40)12-18-14-30-37-23(32-19-9-10-19)13-21(33-24(18)37)17-7-6-8-20(11-17)35-46(5,42)43/h6-8,11-14,16,19,35,38H,9-10,15H2,1-5H3,(H,31,41)(H,34,40)/b18-12+,32-23?/t16-/m0/s1. The number of imidazole rings is 1. The Kier molecular flexibility index (Phi) is 8.62. The van der Waals surface area contributed by atoms with E-state index in [-0.39, 0.29) is 11.7 Å². The fourth-order valence-corrected chi connectivity index (χ4v) is 4.86. The lowest BCUT2D eigenvalue weighted by atomic mass is 10.1. The average Bonchev–Trinajstić information content (AvgIpc) is 3.61. The molecule has 17 heteroatoms. The number of H-pyrrole nitrogens is 1. The minimum Gasteiger partial charge on any atom is -0.493 e. The van der Waals surface area contributed by atoms with Crippen LogP contribution in [-0.2, 0) is 31.0 Å². The Balaban J connectivity index is 1.45. The third-order valence-electron chi connectivity index (χ3n) is 6.51. The molecule has 4 N–H and O–H groups in total. The lowest BCUT2D eigenvalue weighted by Crippen LogP contribution is -2.42. The van der Waals surface area contributed by atoms with E-state index in [4.69, 9.17) is 19.5 Å². The monoisotopic (exact) mass is 654 g/mol. The summed E-state index contributed by atoms with van der Waals surface area (Å²) in [6, 6.07) is 7.56. The number of rotatable bonds is 9. The number of ether oxygens (including phenoxy) is 2. The van der Waals surface area contributed by atoms with Crippen molar-refractivity contribution in [3.8, 4) is 17.1 Å². The van der Waals surface area contributed by atoms with Crippen molar-refractivity contribution in [3.63, 3.8) is 0 Å². The highest BCUT2D eigenvalue weighted by molar-refractivity contribution is 7.92. The minimum absolute atomic E-state index is 0.00288. The predicted octanol–water partition coefficient (Wildman–Crippen LogP) is 0.988.